The van der Waals surface area contributed by atoms with Gasteiger partial charge in [0, 0.05) is 6.54 Å². The summed E-state index contributed by atoms with van der Waals surface area (Å²) in [6.07, 6.45) is 1.44. The molecule has 1 amide bonds. The molecule has 0 bridgehead atoms. The van der Waals surface area contributed by atoms with Crippen molar-refractivity contribution in [1.29, 1.82) is 0 Å². The van der Waals surface area contributed by atoms with Gasteiger partial charge in [0.2, 0.25) is 5.91 Å². The van der Waals surface area contributed by atoms with Crippen LogP contribution in [0, 0.1) is 18.7 Å². The number of halogens is 1. The second-order valence-electron chi connectivity index (χ2n) is 6.37. The number of carbonyl (C=O) groups excluding carboxylic acids is 1. The van der Waals surface area contributed by atoms with Crippen LogP contribution in [0.2, 0.25) is 0 Å². The van der Waals surface area contributed by atoms with Crippen molar-refractivity contribution < 1.29 is 14.3 Å². The third kappa shape index (κ3) is 4.89. The second-order valence-corrected chi connectivity index (χ2v) is 6.37. The molecule has 0 spiro atoms. The minimum Gasteiger partial charge on any atom is -0.388 e. The third-order valence-corrected chi connectivity index (χ3v) is 3.91. The minimum atomic E-state index is -1.04. The zero-order valence-corrected chi connectivity index (χ0v) is 14.3. The lowest BCUT2D eigenvalue weighted by Crippen LogP contribution is -2.16. The summed E-state index contributed by atoms with van der Waals surface area (Å²) >= 11 is 0. The quantitative estimate of drug-likeness (QED) is 0.815. The first kappa shape index (κ1) is 18.1. The zero-order valence-electron chi connectivity index (χ0n) is 14.3. The fourth-order valence-electron chi connectivity index (χ4n) is 2.38. The number of aryl methyl sites for hydroxylation is 1. The van der Waals surface area contributed by atoms with Crippen molar-refractivity contribution >= 4 is 11.6 Å². The molecule has 0 saturated carbocycles. The van der Waals surface area contributed by atoms with E-state index in [0.717, 1.165) is 18.7 Å². The summed E-state index contributed by atoms with van der Waals surface area (Å²) in [5.41, 5.74) is 1.90. The summed E-state index contributed by atoms with van der Waals surface area (Å²) in [7, 11) is 0. The number of rotatable bonds is 7. The molecule has 1 heterocycles. The highest BCUT2D eigenvalue weighted by Gasteiger charge is 2.16. The van der Waals surface area contributed by atoms with Crippen molar-refractivity contribution in [3.8, 4) is 0 Å². The first-order valence-corrected chi connectivity index (χ1v) is 8.12. The number of hydrogen-bond acceptors (Lipinski definition) is 3. The van der Waals surface area contributed by atoms with Gasteiger partial charge in [-0.25, -0.2) is 4.39 Å². The molecule has 0 aliphatic carbocycles. The monoisotopic (exact) mass is 333 g/mol. The van der Waals surface area contributed by atoms with Crippen LogP contribution < -0.4 is 5.32 Å². The first-order chi connectivity index (χ1) is 11.4. The van der Waals surface area contributed by atoms with Crippen LogP contribution in [0.3, 0.4) is 0 Å². The Morgan fingerprint density at radius 1 is 1.42 bits per heavy atom. The Bertz CT molecular complexity index is 697. The predicted octanol–water partition coefficient (Wildman–Crippen LogP) is 3.44. The molecule has 1 aromatic carbocycles. The maximum absolute atomic E-state index is 13.2. The number of amides is 1. The molecule has 1 atom stereocenters. The van der Waals surface area contributed by atoms with Crippen molar-refractivity contribution in [2.45, 2.75) is 46.3 Å². The molecule has 5 nitrogen and oxygen atoms in total. The Hall–Kier alpha value is -2.21. The van der Waals surface area contributed by atoms with Crippen LogP contribution in [0.4, 0.5) is 10.1 Å². The lowest BCUT2D eigenvalue weighted by atomic mass is 10.1. The van der Waals surface area contributed by atoms with Crippen LogP contribution in [-0.4, -0.2) is 20.8 Å². The Morgan fingerprint density at radius 2 is 2.17 bits per heavy atom. The van der Waals surface area contributed by atoms with Crippen molar-refractivity contribution in [3.63, 3.8) is 0 Å². The molecular weight excluding hydrogens is 309 g/mol. The van der Waals surface area contributed by atoms with Crippen LogP contribution in [0.1, 0.15) is 44.1 Å². The van der Waals surface area contributed by atoms with Gasteiger partial charge in [0.15, 0.2) is 0 Å². The predicted molar refractivity (Wildman–Crippen MR) is 91.0 cm³/mol. The molecule has 2 N–H and O–H groups in total. The molecule has 6 heteroatoms. The van der Waals surface area contributed by atoms with Gasteiger partial charge < -0.3 is 10.4 Å². The summed E-state index contributed by atoms with van der Waals surface area (Å²) in [6.45, 7) is 6.99. The van der Waals surface area contributed by atoms with E-state index in [9.17, 15) is 14.3 Å². The van der Waals surface area contributed by atoms with E-state index in [0.29, 0.717) is 17.2 Å². The molecule has 1 unspecified atom stereocenters. The van der Waals surface area contributed by atoms with Crippen LogP contribution in [0.5, 0.6) is 0 Å². The van der Waals surface area contributed by atoms with E-state index in [4.69, 9.17) is 0 Å². The van der Waals surface area contributed by atoms with Crippen LogP contribution in [-0.2, 0) is 11.3 Å². The average Bonchev–Trinajstić information content (AvgIpc) is 2.85. The van der Waals surface area contributed by atoms with Gasteiger partial charge in [-0.15, -0.1) is 0 Å². The van der Waals surface area contributed by atoms with E-state index in [-0.39, 0.29) is 12.3 Å². The number of aliphatic hydroxyl groups is 1. The van der Waals surface area contributed by atoms with Crippen molar-refractivity contribution in [2.75, 3.05) is 5.32 Å². The van der Waals surface area contributed by atoms with Gasteiger partial charge in [0.1, 0.15) is 5.82 Å². The molecule has 0 saturated heterocycles. The maximum atomic E-state index is 13.2. The summed E-state index contributed by atoms with van der Waals surface area (Å²) < 4.78 is 15.0. The Kier molecular flexibility index (Phi) is 6.09. The number of hydrogen-bond donors (Lipinski definition) is 2. The standard InChI is InChI=1S/C18H24FN3O2/c1-12(2)7-8-22-13(3)16(11-20-22)21-18(24)10-17(23)14-5-4-6-15(19)9-14/h4-6,9,11-12,17,23H,7-8,10H2,1-3H3,(H,21,24). The molecule has 0 aliphatic rings. The van der Waals surface area contributed by atoms with Gasteiger partial charge in [0.05, 0.1) is 30.1 Å². The molecule has 1 aromatic heterocycles. The Balaban J connectivity index is 1.95. The fraction of sp³-hybridized carbons (Fsp3) is 0.444. The molecule has 0 fully saturated rings. The van der Waals surface area contributed by atoms with Gasteiger partial charge in [-0.2, -0.15) is 5.10 Å². The van der Waals surface area contributed by atoms with Crippen molar-refractivity contribution in [3.05, 3.63) is 47.5 Å². The van der Waals surface area contributed by atoms with Crippen LogP contribution in [0.25, 0.3) is 0 Å². The fourth-order valence-corrected chi connectivity index (χ4v) is 2.38. The van der Waals surface area contributed by atoms with E-state index in [1.165, 1.54) is 18.2 Å². The minimum absolute atomic E-state index is 0.139. The highest BCUT2D eigenvalue weighted by molar-refractivity contribution is 5.91. The largest absolute Gasteiger partial charge is 0.388 e. The number of aromatic nitrogens is 2. The zero-order chi connectivity index (χ0) is 17.7. The van der Waals surface area contributed by atoms with Crippen molar-refractivity contribution in [1.82, 2.24) is 9.78 Å². The highest BCUT2D eigenvalue weighted by Crippen LogP contribution is 2.20. The number of anilines is 1. The van der Waals surface area contributed by atoms with Crippen LogP contribution >= 0.6 is 0 Å². The number of nitrogens with one attached hydrogen (secondary N) is 1. The molecule has 130 valence electrons. The smallest absolute Gasteiger partial charge is 0.227 e. The number of nitrogens with zero attached hydrogens (tertiary/aromatic N) is 2. The molecular formula is C18H24FN3O2. The summed E-state index contributed by atoms with van der Waals surface area (Å²) in [4.78, 5) is 12.1. The number of benzene rings is 1. The summed E-state index contributed by atoms with van der Waals surface area (Å²) in [6, 6.07) is 5.63. The Labute approximate surface area is 141 Å². The molecule has 2 rings (SSSR count). The molecule has 0 aliphatic heterocycles. The van der Waals surface area contributed by atoms with E-state index in [2.05, 4.69) is 24.3 Å². The topological polar surface area (TPSA) is 67.2 Å². The van der Waals surface area contributed by atoms with E-state index < -0.39 is 11.9 Å². The molecule has 2 aromatic rings. The highest BCUT2D eigenvalue weighted by atomic mass is 19.1. The van der Waals surface area contributed by atoms with Gasteiger partial charge in [-0.1, -0.05) is 26.0 Å². The van der Waals surface area contributed by atoms with Gasteiger partial charge in [0.25, 0.3) is 0 Å². The van der Waals surface area contributed by atoms with Crippen LogP contribution in [0.15, 0.2) is 30.5 Å². The number of aliphatic hydroxyl groups excluding tert-OH is 1. The lowest BCUT2D eigenvalue weighted by Gasteiger charge is -2.12. The summed E-state index contributed by atoms with van der Waals surface area (Å²) in [5.74, 6) is -0.194. The normalized spacial score (nSPS) is 12.4. The van der Waals surface area contributed by atoms with E-state index in [1.54, 1.807) is 12.3 Å². The lowest BCUT2D eigenvalue weighted by molar-refractivity contribution is -0.118. The average molecular weight is 333 g/mol. The summed E-state index contributed by atoms with van der Waals surface area (Å²) in [5, 5.41) is 17.1. The number of carbonyl (C=O) groups is 1. The SMILES string of the molecule is Cc1c(NC(=O)CC(O)c2cccc(F)c2)cnn1CCC(C)C. The van der Waals surface area contributed by atoms with Crippen molar-refractivity contribution in [2.24, 2.45) is 5.92 Å². The Morgan fingerprint density at radius 3 is 2.83 bits per heavy atom. The maximum Gasteiger partial charge on any atom is 0.227 e. The van der Waals surface area contributed by atoms with E-state index >= 15 is 0 Å². The van der Waals surface area contributed by atoms with Gasteiger partial charge >= 0.3 is 0 Å². The van der Waals surface area contributed by atoms with E-state index in [1.807, 2.05) is 11.6 Å². The molecule has 24 heavy (non-hydrogen) atoms. The van der Waals surface area contributed by atoms with Gasteiger partial charge in [-0.3, -0.25) is 9.48 Å². The third-order valence-electron chi connectivity index (χ3n) is 3.91. The molecule has 0 radical (unpaired) electrons. The first-order valence-electron chi connectivity index (χ1n) is 8.12. The second kappa shape index (κ2) is 8.06. The van der Waals surface area contributed by atoms with Gasteiger partial charge in [-0.05, 0) is 37.0 Å².